The van der Waals surface area contributed by atoms with Gasteiger partial charge in [0, 0.05) is 5.69 Å². The second-order valence-corrected chi connectivity index (χ2v) is 3.80. The Balaban J connectivity index is 2.16. The summed E-state index contributed by atoms with van der Waals surface area (Å²) in [5, 5.41) is 11.9. The zero-order chi connectivity index (χ0) is 14.5. The van der Waals surface area contributed by atoms with E-state index >= 15 is 0 Å². The van der Waals surface area contributed by atoms with Crippen LogP contribution in [-0.2, 0) is 0 Å². The Hall–Kier alpha value is -2.88. The number of hydrogen-bond acceptors (Lipinski definition) is 5. The third-order valence-corrected chi connectivity index (χ3v) is 2.37. The number of ether oxygens (including phenoxy) is 1. The molecule has 0 fully saturated rings. The predicted molar refractivity (Wildman–Crippen MR) is 69.7 cm³/mol. The van der Waals surface area contributed by atoms with Gasteiger partial charge in [-0.25, -0.2) is 4.98 Å². The summed E-state index contributed by atoms with van der Waals surface area (Å²) in [4.78, 5) is 4.01. The quantitative estimate of drug-likeness (QED) is 0.897. The number of nitrogens with one attached hydrogen (secondary N) is 1. The maximum absolute atomic E-state index is 12.0. The molecule has 0 saturated carbocycles. The summed E-state index contributed by atoms with van der Waals surface area (Å²) in [6.07, 6.45) is 1.41. The normalized spacial score (nSPS) is 10.1. The molecule has 0 radical (unpaired) electrons. The van der Waals surface area contributed by atoms with Crippen molar-refractivity contribution < 1.29 is 13.5 Å². The fraction of sp³-hybridized carbons (Fsp3) is 0.0769. The monoisotopic (exact) mass is 276 g/mol. The van der Waals surface area contributed by atoms with Crippen LogP contribution in [0.3, 0.4) is 0 Å². The van der Waals surface area contributed by atoms with Crippen LogP contribution in [0.25, 0.3) is 0 Å². The van der Waals surface area contributed by atoms with E-state index in [2.05, 4.69) is 15.0 Å². The molecule has 0 unspecified atom stereocenters. The molecule has 0 amide bonds. The SMILES string of the molecule is N#Cc1cc(N)cnc1Nc1ccc(OC(F)F)cc1. The Labute approximate surface area is 113 Å². The minimum Gasteiger partial charge on any atom is -0.435 e. The van der Waals surface area contributed by atoms with Crippen LogP contribution in [0.1, 0.15) is 5.56 Å². The van der Waals surface area contributed by atoms with Gasteiger partial charge in [-0.15, -0.1) is 0 Å². The highest BCUT2D eigenvalue weighted by molar-refractivity contribution is 5.65. The summed E-state index contributed by atoms with van der Waals surface area (Å²) in [7, 11) is 0. The standard InChI is InChI=1S/C13H10F2N4O/c14-13(15)20-11-3-1-10(2-4-11)19-12-8(6-16)5-9(17)7-18-12/h1-5,7,13H,17H2,(H,18,19). The Kier molecular flexibility index (Phi) is 3.96. The summed E-state index contributed by atoms with van der Waals surface area (Å²) in [5.74, 6) is 0.389. The lowest BCUT2D eigenvalue weighted by Crippen LogP contribution is -2.02. The fourth-order valence-electron chi connectivity index (χ4n) is 1.52. The number of nitrogens with zero attached hydrogens (tertiary/aromatic N) is 2. The summed E-state index contributed by atoms with van der Waals surface area (Å²) >= 11 is 0. The summed E-state index contributed by atoms with van der Waals surface area (Å²) in [6, 6.07) is 9.31. The number of aromatic nitrogens is 1. The van der Waals surface area contributed by atoms with Crippen LogP contribution in [0.4, 0.5) is 26.0 Å². The topological polar surface area (TPSA) is 84.0 Å². The van der Waals surface area contributed by atoms with Crippen LogP contribution in [-0.4, -0.2) is 11.6 Å². The van der Waals surface area contributed by atoms with Crippen LogP contribution in [0.5, 0.6) is 5.75 Å². The third-order valence-electron chi connectivity index (χ3n) is 2.37. The van der Waals surface area contributed by atoms with Gasteiger partial charge in [0.1, 0.15) is 17.6 Å². The molecule has 0 aliphatic carbocycles. The van der Waals surface area contributed by atoms with E-state index in [4.69, 9.17) is 11.0 Å². The van der Waals surface area contributed by atoms with Gasteiger partial charge < -0.3 is 15.8 Å². The molecule has 1 aromatic carbocycles. The summed E-state index contributed by atoms with van der Waals surface area (Å²) < 4.78 is 28.3. The molecule has 1 heterocycles. The van der Waals surface area contributed by atoms with Crippen molar-refractivity contribution >= 4 is 17.2 Å². The number of halogens is 2. The first-order valence-corrected chi connectivity index (χ1v) is 5.56. The van der Waals surface area contributed by atoms with E-state index in [1.165, 1.54) is 36.5 Å². The second kappa shape index (κ2) is 5.84. The second-order valence-electron chi connectivity index (χ2n) is 3.80. The van der Waals surface area contributed by atoms with E-state index in [1.54, 1.807) is 0 Å². The van der Waals surface area contributed by atoms with Crippen molar-refractivity contribution in [2.45, 2.75) is 6.61 Å². The predicted octanol–water partition coefficient (Wildman–Crippen LogP) is 2.88. The van der Waals surface area contributed by atoms with Crippen LogP contribution in [0.15, 0.2) is 36.5 Å². The van der Waals surface area contributed by atoms with Crippen LogP contribution < -0.4 is 15.8 Å². The lowest BCUT2D eigenvalue weighted by molar-refractivity contribution is -0.0498. The molecule has 0 aliphatic heterocycles. The van der Waals surface area contributed by atoms with Gasteiger partial charge in [-0.3, -0.25) is 0 Å². The van der Waals surface area contributed by atoms with Crippen molar-refractivity contribution in [2.24, 2.45) is 0 Å². The first-order valence-electron chi connectivity index (χ1n) is 5.56. The van der Waals surface area contributed by atoms with Gasteiger partial charge in [0.25, 0.3) is 0 Å². The fourth-order valence-corrected chi connectivity index (χ4v) is 1.52. The zero-order valence-corrected chi connectivity index (χ0v) is 10.2. The van der Waals surface area contributed by atoms with E-state index in [1.807, 2.05) is 6.07 Å². The average molecular weight is 276 g/mol. The number of nitriles is 1. The smallest absolute Gasteiger partial charge is 0.387 e. The molecular weight excluding hydrogens is 266 g/mol. The van der Waals surface area contributed by atoms with Crippen LogP contribution in [0, 0.1) is 11.3 Å². The maximum Gasteiger partial charge on any atom is 0.387 e. The Morgan fingerprint density at radius 3 is 2.60 bits per heavy atom. The van der Waals surface area contributed by atoms with Crippen molar-refractivity contribution in [1.29, 1.82) is 5.26 Å². The van der Waals surface area contributed by atoms with Gasteiger partial charge in [0.05, 0.1) is 17.4 Å². The van der Waals surface area contributed by atoms with Gasteiger partial charge in [-0.1, -0.05) is 0 Å². The molecule has 20 heavy (non-hydrogen) atoms. The van der Waals surface area contributed by atoms with E-state index in [-0.39, 0.29) is 11.3 Å². The van der Waals surface area contributed by atoms with Gasteiger partial charge >= 0.3 is 6.61 Å². The molecule has 5 nitrogen and oxygen atoms in total. The van der Waals surface area contributed by atoms with Crippen molar-refractivity contribution in [3.8, 4) is 11.8 Å². The number of alkyl halides is 2. The number of rotatable bonds is 4. The molecule has 1 aromatic heterocycles. The Morgan fingerprint density at radius 2 is 2.00 bits per heavy atom. The maximum atomic E-state index is 12.0. The highest BCUT2D eigenvalue weighted by Gasteiger charge is 2.06. The largest absolute Gasteiger partial charge is 0.435 e. The van der Waals surface area contributed by atoms with Crippen molar-refractivity contribution in [3.05, 3.63) is 42.1 Å². The number of nitrogens with two attached hydrogens (primary N) is 1. The molecule has 0 atom stereocenters. The van der Waals surface area contributed by atoms with Crippen molar-refractivity contribution in [1.82, 2.24) is 4.98 Å². The molecular formula is C13H10F2N4O. The van der Waals surface area contributed by atoms with Crippen LogP contribution >= 0.6 is 0 Å². The zero-order valence-electron chi connectivity index (χ0n) is 10.2. The third kappa shape index (κ3) is 3.32. The number of hydrogen-bond donors (Lipinski definition) is 2. The molecule has 0 saturated heterocycles. The minimum atomic E-state index is -2.86. The molecule has 0 aliphatic rings. The van der Waals surface area contributed by atoms with Crippen molar-refractivity contribution in [2.75, 3.05) is 11.1 Å². The Bertz CT molecular complexity index is 638. The van der Waals surface area contributed by atoms with Gasteiger partial charge in [0.2, 0.25) is 0 Å². The molecule has 2 aromatic rings. The Morgan fingerprint density at radius 1 is 1.30 bits per heavy atom. The van der Waals surface area contributed by atoms with Gasteiger partial charge in [-0.05, 0) is 30.3 Å². The van der Waals surface area contributed by atoms with E-state index in [9.17, 15) is 8.78 Å². The minimum absolute atomic E-state index is 0.0521. The highest BCUT2D eigenvalue weighted by Crippen LogP contribution is 2.22. The first-order chi connectivity index (χ1) is 9.58. The summed E-state index contributed by atoms with van der Waals surface area (Å²) in [5.41, 5.74) is 6.79. The molecule has 3 N–H and O–H groups in total. The number of anilines is 3. The number of pyridine rings is 1. The van der Waals surface area contributed by atoms with E-state index < -0.39 is 6.61 Å². The molecule has 0 spiro atoms. The molecule has 102 valence electrons. The molecule has 2 rings (SSSR count). The lowest BCUT2D eigenvalue weighted by Gasteiger charge is -2.09. The number of benzene rings is 1. The van der Waals surface area contributed by atoms with Gasteiger partial charge in [-0.2, -0.15) is 14.0 Å². The molecule has 0 bridgehead atoms. The van der Waals surface area contributed by atoms with Crippen LogP contribution in [0.2, 0.25) is 0 Å². The van der Waals surface area contributed by atoms with E-state index in [0.717, 1.165) is 0 Å². The lowest BCUT2D eigenvalue weighted by atomic mass is 10.2. The van der Waals surface area contributed by atoms with E-state index in [0.29, 0.717) is 17.2 Å². The number of nitrogen functional groups attached to an aromatic ring is 1. The first kappa shape index (κ1) is 13.5. The summed E-state index contributed by atoms with van der Waals surface area (Å²) in [6.45, 7) is -2.86. The average Bonchev–Trinajstić information content (AvgIpc) is 2.42. The highest BCUT2D eigenvalue weighted by atomic mass is 19.3. The van der Waals surface area contributed by atoms with Gasteiger partial charge in [0.15, 0.2) is 0 Å². The molecule has 7 heteroatoms. The van der Waals surface area contributed by atoms with Crippen molar-refractivity contribution in [3.63, 3.8) is 0 Å².